The van der Waals surface area contributed by atoms with Crippen LogP contribution in [0.3, 0.4) is 0 Å². The second-order valence-corrected chi connectivity index (χ2v) is 7.57. The zero-order chi connectivity index (χ0) is 13.6. The molecule has 0 aromatic heterocycles. The zero-order valence-electron chi connectivity index (χ0n) is 11.3. The fourth-order valence-electron chi connectivity index (χ4n) is 2.76. The molecule has 3 rings (SSSR count). The van der Waals surface area contributed by atoms with E-state index in [2.05, 4.69) is 34.1 Å². The van der Waals surface area contributed by atoms with E-state index in [4.69, 9.17) is 0 Å². The van der Waals surface area contributed by atoms with E-state index in [9.17, 15) is 8.42 Å². The third-order valence-electron chi connectivity index (χ3n) is 3.78. The normalized spacial score (nSPS) is 20.8. The van der Waals surface area contributed by atoms with Crippen LogP contribution < -0.4 is 9.80 Å². The van der Waals surface area contributed by atoms with Gasteiger partial charge < -0.3 is 9.80 Å². The predicted octanol–water partition coefficient (Wildman–Crippen LogP) is 1.30. The third-order valence-corrected chi connectivity index (χ3v) is 5.36. The van der Waals surface area contributed by atoms with Gasteiger partial charge in [0.05, 0.1) is 11.5 Å². The molecule has 0 N–H and O–H groups in total. The number of sulfone groups is 1. The summed E-state index contributed by atoms with van der Waals surface area (Å²) in [6.45, 7) is 1.52. The molecule has 0 atom stereocenters. The van der Waals surface area contributed by atoms with Crippen molar-refractivity contribution >= 4 is 21.2 Å². The van der Waals surface area contributed by atoms with Crippen molar-refractivity contribution in [1.29, 1.82) is 0 Å². The maximum Gasteiger partial charge on any atom is 0.158 e. The van der Waals surface area contributed by atoms with Gasteiger partial charge in [0.25, 0.3) is 0 Å². The first-order chi connectivity index (χ1) is 8.94. The van der Waals surface area contributed by atoms with Crippen molar-refractivity contribution in [2.45, 2.75) is 0 Å². The van der Waals surface area contributed by atoms with Crippen LogP contribution in [0.5, 0.6) is 0 Å². The Kier molecular flexibility index (Phi) is 2.82. The lowest BCUT2D eigenvalue weighted by Crippen LogP contribution is -2.24. The molecule has 4 nitrogen and oxygen atoms in total. The summed E-state index contributed by atoms with van der Waals surface area (Å²) in [5, 5.41) is 0. The van der Waals surface area contributed by atoms with Crippen LogP contribution in [0.15, 0.2) is 35.4 Å². The average molecular weight is 278 g/mol. The predicted molar refractivity (Wildman–Crippen MR) is 78.7 cm³/mol. The quantitative estimate of drug-likeness (QED) is 0.765. The Labute approximate surface area is 114 Å². The molecule has 0 fully saturated rings. The molecule has 0 unspecified atom stereocenters. The summed E-state index contributed by atoms with van der Waals surface area (Å²) in [5.41, 5.74) is 4.55. The monoisotopic (exact) mass is 278 g/mol. The fourth-order valence-corrected chi connectivity index (χ4v) is 4.52. The number of hydrogen-bond donors (Lipinski definition) is 0. The van der Waals surface area contributed by atoms with Crippen molar-refractivity contribution < 1.29 is 8.42 Å². The molecule has 102 valence electrons. The van der Waals surface area contributed by atoms with Gasteiger partial charge in [0.2, 0.25) is 0 Å². The van der Waals surface area contributed by atoms with Crippen molar-refractivity contribution in [2.24, 2.45) is 0 Å². The van der Waals surface area contributed by atoms with Gasteiger partial charge >= 0.3 is 0 Å². The van der Waals surface area contributed by atoms with Crippen LogP contribution in [0.25, 0.3) is 0 Å². The maximum atomic E-state index is 11.5. The summed E-state index contributed by atoms with van der Waals surface area (Å²) in [6, 6.07) is 8.39. The summed E-state index contributed by atoms with van der Waals surface area (Å²) in [4.78, 5) is 4.32. The number of benzene rings is 1. The van der Waals surface area contributed by atoms with Gasteiger partial charge in [-0.15, -0.1) is 0 Å². The Morgan fingerprint density at radius 3 is 2.00 bits per heavy atom. The van der Waals surface area contributed by atoms with Crippen LogP contribution in [-0.4, -0.2) is 47.1 Å². The molecule has 1 aromatic carbocycles. The van der Waals surface area contributed by atoms with Gasteiger partial charge in [-0.1, -0.05) is 0 Å². The molecule has 19 heavy (non-hydrogen) atoms. The molecule has 1 aromatic rings. The van der Waals surface area contributed by atoms with E-state index in [0.717, 1.165) is 29.9 Å². The molecule has 0 saturated carbocycles. The molecule has 5 heteroatoms. The van der Waals surface area contributed by atoms with E-state index in [0.29, 0.717) is 0 Å². The first kappa shape index (κ1) is 12.5. The summed E-state index contributed by atoms with van der Waals surface area (Å²) >= 11 is 0. The molecule has 0 radical (unpaired) electrons. The van der Waals surface area contributed by atoms with Crippen LogP contribution in [0.1, 0.15) is 0 Å². The number of anilines is 2. The lowest BCUT2D eigenvalue weighted by atomic mass is 10.2. The van der Waals surface area contributed by atoms with E-state index >= 15 is 0 Å². The highest BCUT2D eigenvalue weighted by atomic mass is 32.2. The fraction of sp³-hybridized carbons (Fsp3) is 0.429. The largest absolute Gasteiger partial charge is 0.378 e. The molecule has 0 saturated heterocycles. The standard InChI is InChI=1S/C14H18N2O2S/c1-15(2)13-3-5-14(6-4-13)16-7-11-9-19(17,18)10-12(11)8-16/h3-6H,7-10H2,1-2H3. The van der Waals surface area contributed by atoms with E-state index in [1.807, 2.05) is 14.1 Å². The molecule has 2 aliphatic rings. The van der Waals surface area contributed by atoms with E-state index < -0.39 is 9.84 Å². The van der Waals surface area contributed by atoms with Gasteiger partial charge in [-0.3, -0.25) is 0 Å². The Morgan fingerprint density at radius 2 is 1.53 bits per heavy atom. The minimum Gasteiger partial charge on any atom is -0.378 e. The molecule has 0 amide bonds. The highest BCUT2D eigenvalue weighted by molar-refractivity contribution is 7.92. The Bertz CT molecular complexity index is 606. The third kappa shape index (κ3) is 2.34. The highest BCUT2D eigenvalue weighted by Gasteiger charge is 2.33. The van der Waals surface area contributed by atoms with E-state index in [1.165, 1.54) is 5.69 Å². The van der Waals surface area contributed by atoms with Gasteiger partial charge in [0.1, 0.15) is 0 Å². The van der Waals surface area contributed by atoms with Crippen LogP contribution in [0.2, 0.25) is 0 Å². The summed E-state index contributed by atoms with van der Waals surface area (Å²) in [6.07, 6.45) is 0. The molecular weight excluding hydrogens is 260 g/mol. The Balaban J connectivity index is 1.74. The lowest BCUT2D eigenvalue weighted by molar-refractivity contribution is 0.602. The highest BCUT2D eigenvalue weighted by Crippen LogP contribution is 2.31. The molecule has 2 aliphatic heterocycles. The van der Waals surface area contributed by atoms with Crippen LogP contribution >= 0.6 is 0 Å². The molecule has 0 bridgehead atoms. The Morgan fingerprint density at radius 1 is 1.00 bits per heavy atom. The first-order valence-electron chi connectivity index (χ1n) is 6.37. The van der Waals surface area contributed by atoms with Crippen molar-refractivity contribution in [3.05, 3.63) is 35.4 Å². The van der Waals surface area contributed by atoms with Crippen LogP contribution in [0.4, 0.5) is 11.4 Å². The maximum absolute atomic E-state index is 11.5. The van der Waals surface area contributed by atoms with Gasteiger partial charge in [-0.25, -0.2) is 8.42 Å². The zero-order valence-corrected chi connectivity index (χ0v) is 12.1. The van der Waals surface area contributed by atoms with Crippen molar-refractivity contribution in [3.8, 4) is 0 Å². The molecule has 0 aliphatic carbocycles. The number of hydrogen-bond acceptors (Lipinski definition) is 4. The van der Waals surface area contributed by atoms with Crippen molar-refractivity contribution in [1.82, 2.24) is 0 Å². The SMILES string of the molecule is CN(C)c1ccc(N2CC3=C(C2)CS(=O)(=O)C3)cc1. The smallest absolute Gasteiger partial charge is 0.158 e. The van der Waals surface area contributed by atoms with E-state index in [1.54, 1.807) is 0 Å². The second kappa shape index (κ2) is 4.27. The van der Waals surface area contributed by atoms with Crippen molar-refractivity contribution in [2.75, 3.05) is 48.5 Å². The average Bonchev–Trinajstić information content (AvgIpc) is 2.82. The van der Waals surface area contributed by atoms with Gasteiger partial charge in [0, 0.05) is 38.6 Å². The van der Waals surface area contributed by atoms with Gasteiger partial charge in [0.15, 0.2) is 9.84 Å². The Hall–Kier alpha value is -1.49. The topological polar surface area (TPSA) is 40.6 Å². The summed E-state index contributed by atoms with van der Waals surface area (Å²) < 4.78 is 23.1. The van der Waals surface area contributed by atoms with Gasteiger partial charge in [-0.05, 0) is 35.4 Å². The molecule has 0 spiro atoms. The number of nitrogens with zero attached hydrogens (tertiary/aromatic N) is 2. The second-order valence-electron chi connectivity index (χ2n) is 5.51. The minimum atomic E-state index is -2.84. The summed E-state index contributed by atoms with van der Waals surface area (Å²) in [7, 11) is 1.20. The van der Waals surface area contributed by atoms with Crippen LogP contribution in [0, 0.1) is 0 Å². The molecule has 2 heterocycles. The van der Waals surface area contributed by atoms with Crippen LogP contribution in [-0.2, 0) is 9.84 Å². The first-order valence-corrected chi connectivity index (χ1v) is 8.19. The molecular formula is C14H18N2O2S. The lowest BCUT2D eigenvalue weighted by Gasteiger charge is -2.21. The van der Waals surface area contributed by atoms with E-state index in [-0.39, 0.29) is 11.5 Å². The van der Waals surface area contributed by atoms with Crippen molar-refractivity contribution in [3.63, 3.8) is 0 Å². The number of rotatable bonds is 2. The van der Waals surface area contributed by atoms with Gasteiger partial charge in [-0.2, -0.15) is 0 Å². The minimum absolute atomic E-state index is 0.259. The summed E-state index contributed by atoms with van der Waals surface area (Å²) in [5.74, 6) is 0.517.